The van der Waals surface area contributed by atoms with Crippen molar-refractivity contribution >= 4 is 11.9 Å². The maximum atomic E-state index is 12.8. The van der Waals surface area contributed by atoms with E-state index in [4.69, 9.17) is 18.9 Å². The van der Waals surface area contributed by atoms with E-state index in [0.29, 0.717) is 29.4 Å². The molecule has 5 heteroatoms. The fourth-order valence-electron chi connectivity index (χ4n) is 3.33. The minimum absolute atomic E-state index is 0.152. The van der Waals surface area contributed by atoms with Crippen LogP contribution in [0.15, 0.2) is 66.4 Å². The number of para-hydroxylation sites is 1. The molecule has 1 heterocycles. The van der Waals surface area contributed by atoms with Crippen LogP contribution in [-0.4, -0.2) is 20.0 Å². The van der Waals surface area contributed by atoms with Crippen molar-refractivity contribution in [1.82, 2.24) is 0 Å². The highest BCUT2D eigenvalue weighted by molar-refractivity contribution is 6.15. The van der Waals surface area contributed by atoms with E-state index in [1.54, 1.807) is 26.4 Å². The van der Waals surface area contributed by atoms with Crippen molar-refractivity contribution < 1.29 is 23.7 Å². The molecule has 0 fully saturated rings. The van der Waals surface area contributed by atoms with Crippen LogP contribution in [0.3, 0.4) is 0 Å². The Kier molecular flexibility index (Phi) is 5.44. The average Bonchev–Trinajstić information content (AvgIpc) is 3.10. The van der Waals surface area contributed by atoms with Gasteiger partial charge < -0.3 is 18.9 Å². The largest absolute Gasteiger partial charge is 0.497 e. The lowest BCUT2D eigenvalue weighted by molar-refractivity contribution is 0.101. The molecule has 0 spiro atoms. The maximum absolute atomic E-state index is 12.8. The van der Waals surface area contributed by atoms with Gasteiger partial charge in [-0.15, -0.1) is 0 Å². The molecule has 0 unspecified atom stereocenters. The molecule has 1 aliphatic heterocycles. The van der Waals surface area contributed by atoms with Crippen LogP contribution in [0.1, 0.15) is 27.0 Å². The summed E-state index contributed by atoms with van der Waals surface area (Å²) >= 11 is 0. The summed E-state index contributed by atoms with van der Waals surface area (Å²) < 4.78 is 22.4. The van der Waals surface area contributed by atoms with Gasteiger partial charge in [-0.2, -0.15) is 0 Å². The lowest BCUT2D eigenvalue weighted by Crippen LogP contribution is -1.98. The van der Waals surface area contributed by atoms with Gasteiger partial charge in [0.1, 0.15) is 29.6 Å². The van der Waals surface area contributed by atoms with Crippen molar-refractivity contribution in [2.75, 3.05) is 14.2 Å². The summed E-state index contributed by atoms with van der Waals surface area (Å²) in [5.41, 5.74) is 3.12. The van der Waals surface area contributed by atoms with Gasteiger partial charge in [0.2, 0.25) is 5.78 Å². The number of fused-ring (bicyclic) bond motifs is 1. The van der Waals surface area contributed by atoms with Gasteiger partial charge in [0.25, 0.3) is 0 Å². The van der Waals surface area contributed by atoms with E-state index in [1.807, 2.05) is 61.5 Å². The number of hydrogen-bond acceptors (Lipinski definition) is 5. The highest BCUT2D eigenvalue weighted by Gasteiger charge is 2.30. The first kappa shape index (κ1) is 19.6. The average molecular weight is 402 g/mol. The molecule has 0 aromatic heterocycles. The highest BCUT2D eigenvalue weighted by atomic mass is 16.5. The van der Waals surface area contributed by atoms with Crippen LogP contribution >= 0.6 is 0 Å². The number of carbonyl (C=O) groups excluding carboxylic acids is 1. The Labute approximate surface area is 175 Å². The number of rotatable bonds is 6. The summed E-state index contributed by atoms with van der Waals surface area (Å²) in [6.07, 6.45) is 1.71. The lowest BCUT2D eigenvalue weighted by Gasteiger charge is -2.12. The zero-order chi connectivity index (χ0) is 21.1. The van der Waals surface area contributed by atoms with Crippen LogP contribution in [0.2, 0.25) is 0 Å². The second kappa shape index (κ2) is 8.33. The molecular weight excluding hydrogens is 380 g/mol. The molecule has 0 radical (unpaired) electrons. The monoisotopic (exact) mass is 402 g/mol. The van der Waals surface area contributed by atoms with Crippen molar-refractivity contribution in [1.29, 1.82) is 0 Å². The number of allylic oxidation sites excluding steroid dienone is 1. The molecule has 0 saturated carbocycles. The van der Waals surface area contributed by atoms with Crippen molar-refractivity contribution in [3.05, 3.63) is 88.7 Å². The smallest absolute Gasteiger partial charge is 0.231 e. The van der Waals surface area contributed by atoms with E-state index < -0.39 is 0 Å². The van der Waals surface area contributed by atoms with Crippen molar-refractivity contribution in [3.63, 3.8) is 0 Å². The Bertz CT molecular complexity index is 1110. The third-order valence-electron chi connectivity index (χ3n) is 5.02. The Morgan fingerprint density at radius 1 is 0.900 bits per heavy atom. The molecule has 0 saturated heterocycles. The molecule has 4 rings (SSSR count). The molecule has 152 valence electrons. The van der Waals surface area contributed by atoms with E-state index >= 15 is 0 Å². The topological polar surface area (TPSA) is 54.0 Å². The van der Waals surface area contributed by atoms with Gasteiger partial charge in [-0.3, -0.25) is 4.79 Å². The van der Waals surface area contributed by atoms with E-state index in [-0.39, 0.29) is 11.5 Å². The number of ketones is 1. The lowest BCUT2D eigenvalue weighted by atomic mass is 10.1. The number of carbonyl (C=O) groups is 1. The molecule has 0 aliphatic carbocycles. The Balaban J connectivity index is 1.56. The molecule has 0 N–H and O–H groups in total. The number of benzene rings is 3. The first-order chi connectivity index (χ1) is 14.6. The predicted octanol–water partition coefficient (Wildman–Crippen LogP) is 5.21. The zero-order valence-corrected chi connectivity index (χ0v) is 17.1. The zero-order valence-electron chi connectivity index (χ0n) is 17.1. The molecule has 3 aromatic carbocycles. The van der Waals surface area contributed by atoms with Crippen molar-refractivity contribution in [2.24, 2.45) is 0 Å². The third-order valence-corrected chi connectivity index (χ3v) is 5.02. The van der Waals surface area contributed by atoms with E-state index in [1.165, 1.54) is 0 Å². The fourth-order valence-corrected chi connectivity index (χ4v) is 3.33. The number of methoxy groups -OCH3 is 2. The van der Waals surface area contributed by atoms with Gasteiger partial charge in [-0.25, -0.2) is 0 Å². The van der Waals surface area contributed by atoms with Crippen LogP contribution in [0.25, 0.3) is 6.08 Å². The summed E-state index contributed by atoms with van der Waals surface area (Å²) in [6.45, 7) is 2.29. The Morgan fingerprint density at radius 3 is 2.40 bits per heavy atom. The summed E-state index contributed by atoms with van der Waals surface area (Å²) in [6, 6.07) is 18.7. The molecule has 0 amide bonds. The van der Waals surface area contributed by atoms with Crippen LogP contribution in [0.4, 0.5) is 0 Å². The fraction of sp³-hybridized carbons (Fsp3) is 0.160. The first-order valence-electron chi connectivity index (χ1n) is 9.57. The first-order valence-corrected chi connectivity index (χ1v) is 9.57. The summed E-state index contributed by atoms with van der Waals surface area (Å²) in [5, 5.41) is 0. The van der Waals surface area contributed by atoms with Gasteiger partial charge in [-0.05, 0) is 48.9 Å². The molecule has 0 atom stereocenters. The molecule has 30 heavy (non-hydrogen) atoms. The summed E-state index contributed by atoms with van der Waals surface area (Å²) in [7, 11) is 3.23. The van der Waals surface area contributed by atoms with Crippen LogP contribution in [0.5, 0.6) is 23.0 Å². The van der Waals surface area contributed by atoms with Crippen molar-refractivity contribution in [2.45, 2.75) is 13.5 Å². The van der Waals surface area contributed by atoms with Gasteiger partial charge in [-0.1, -0.05) is 30.3 Å². The number of ether oxygens (including phenoxy) is 4. The standard InChI is InChI=1S/C25H22O5/c1-16-21(29-15-17-8-10-19(27-2)11-9-17)13-12-20-24(26)23(30-25(16)20)14-18-6-4-5-7-22(18)28-3/h4-14H,15H2,1-3H3/b23-14-. The minimum atomic E-state index is -0.152. The molecule has 5 nitrogen and oxygen atoms in total. The number of hydrogen-bond donors (Lipinski definition) is 0. The van der Waals surface area contributed by atoms with Crippen LogP contribution in [-0.2, 0) is 6.61 Å². The quantitative estimate of drug-likeness (QED) is 0.530. The van der Waals surface area contributed by atoms with E-state index in [9.17, 15) is 4.79 Å². The molecule has 1 aliphatic rings. The minimum Gasteiger partial charge on any atom is -0.497 e. The molecule has 0 bridgehead atoms. The van der Waals surface area contributed by atoms with Gasteiger partial charge >= 0.3 is 0 Å². The Hall–Kier alpha value is -3.73. The SMILES string of the molecule is COc1ccc(COc2ccc3c(c2C)O/C(=C\c2ccccc2OC)C3=O)cc1. The van der Waals surface area contributed by atoms with Gasteiger partial charge in [0.15, 0.2) is 5.76 Å². The predicted molar refractivity (Wildman–Crippen MR) is 114 cm³/mol. The Morgan fingerprint density at radius 2 is 1.67 bits per heavy atom. The van der Waals surface area contributed by atoms with Crippen molar-refractivity contribution in [3.8, 4) is 23.0 Å². The molecular formula is C25H22O5. The summed E-state index contributed by atoms with van der Waals surface area (Å²) in [5.74, 6) is 2.81. The normalized spacial score (nSPS) is 13.7. The number of Topliss-reactive ketones (excluding diaryl/α,β-unsaturated/α-hetero) is 1. The van der Waals surface area contributed by atoms with Gasteiger partial charge in [0.05, 0.1) is 19.8 Å². The highest BCUT2D eigenvalue weighted by Crippen LogP contribution is 2.40. The second-order valence-corrected chi connectivity index (χ2v) is 6.88. The van der Waals surface area contributed by atoms with Crippen LogP contribution < -0.4 is 18.9 Å². The third kappa shape index (κ3) is 3.74. The van der Waals surface area contributed by atoms with E-state index in [0.717, 1.165) is 22.4 Å². The maximum Gasteiger partial charge on any atom is 0.231 e. The molecule has 3 aromatic rings. The van der Waals surface area contributed by atoms with Crippen LogP contribution in [0, 0.1) is 6.92 Å². The second-order valence-electron chi connectivity index (χ2n) is 6.88. The summed E-state index contributed by atoms with van der Waals surface area (Å²) in [4.78, 5) is 12.8. The van der Waals surface area contributed by atoms with Gasteiger partial charge in [0, 0.05) is 11.1 Å². The van der Waals surface area contributed by atoms with E-state index in [2.05, 4.69) is 0 Å².